The van der Waals surface area contributed by atoms with Gasteiger partial charge >= 0.3 is 0 Å². The fourth-order valence-electron chi connectivity index (χ4n) is 2.66. The summed E-state index contributed by atoms with van der Waals surface area (Å²) in [6.45, 7) is 5.21. The van der Waals surface area contributed by atoms with E-state index in [-0.39, 0.29) is 30.3 Å². The number of nitrogens with one attached hydrogen (secondary N) is 1. The molecule has 0 spiro atoms. The third kappa shape index (κ3) is 4.69. The molecule has 2 heterocycles. The van der Waals surface area contributed by atoms with E-state index in [1.165, 1.54) is 11.3 Å². The summed E-state index contributed by atoms with van der Waals surface area (Å²) in [5.74, 6) is 0.296. The van der Waals surface area contributed by atoms with Crippen LogP contribution in [0.5, 0.6) is 0 Å². The Bertz CT molecular complexity index is 485. The molecule has 1 aliphatic rings. The molecule has 2 rings (SSSR count). The van der Waals surface area contributed by atoms with Crippen molar-refractivity contribution in [2.24, 2.45) is 11.7 Å². The molecular weight excluding hydrogens is 322 g/mol. The molecule has 2 atom stereocenters. The lowest BCUT2D eigenvalue weighted by molar-refractivity contribution is -0.134. The van der Waals surface area contributed by atoms with Gasteiger partial charge in [-0.15, -0.1) is 23.7 Å². The Kier molecular flexibility index (Phi) is 7.32. The number of likely N-dealkylation sites (tertiary alicyclic amines) is 1. The summed E-state index contributed by atoms with van der Waals surface area (Å²) in [4.78, 5) is 26.8. The van der Waals surface area contributed by atoms with Crippen LogP contribution in [0.2, 0.25) is 0 Å². The van der Waals surface area contributed by atoms with E-state index in [1.807, 2.05) is 23.3 Å². The van der Waals surface area contributed by atoms with Gasteiger partial charge in [-0.25, -0.2) is 0 Å². The number of halogens is 1. The first-order chi connectivity index (χ1) is 9.99. The summed E-state index contributed by atoms with van der Waals surface area (Å²) in [6, 6.07) is 3.26. The number of hydrogen-bond acceptors (Lipinski definition) is 4. The highest BCUT2D eigenvalue weighted by atomic mass is 35.5. The van der Waals surface area contributed by atoms with E-state index in [1.54, 1.807) is 13.0 Å². The van der Waals surface area contributed by atoms with Gasteiger partial charge in [-0.3, -0.25) is 9.59 Å². The molecule has 7 heteroatoms. The standard InChI is InChI=1S/C15H23N3O2S.ClH/c1-10(16)12-5-7-18(8-6-12)15(20)11(2)17-14(19)13-4-3-9-21-13;/h3-4,9-12H,5-8,16H2,1-2H3,(H,17,19);1H. The minimum atomic E-state index is -0.494. The topological polar surface area (TPSA) is 75.4 Å². The molecule has 0 aliphatic carbocycles. The molecule has 2 unspecified atom stereocenters. The molecule has 1 saturated heterocycles. The minimum Gasteiger partial charge on any atom is -0.341 e. The molecule has 1 fully saturated rings. The molecule has 1 aromatic rings. The average Bonchev–Trinajstić information content (AvgIpc) is 3.00. The predicted molar refractivity (Wildman–Crippen MR) is 91.4 cm³/mol. The molecule has 0 saturated carbocycles. The number of carbonyl (C=O) groups is 2. The first-order valence-corrected chi connectivity index (χ1v) is 8.25. The lowest BCUT2D eigenvalue weighted by atomic mass is 9.91. The third-order valence-electron chi connectivity index (χ3n) is 4.06. The minimum absolute atomic E-state index is 0. The van der Waals surface area contributed by atoms with Crippen LogP contribution in [0.25, 0.3) is 0 Å². The molecule has 2 amide bonds. The quantitative estimate of drug-likeness (QED) is 0.874. The van der Waals surface area contributed by atoms with Gasteiger partial charge < -0.3 is 16.0 Å². The smallest absolute Gasteiger partial charge is 0.261 e. The van der Waals surface area contributed by atoms with Gasteiger partial charge in [0.2, 0.25) is 5.91 Å². The van der Waals surface area contributed by atoms with Gasteiger partial charge in [0.25, 0.3) is 5.91 Å². The Labute approximate surface area is 141 Å². The summed E-state index contributed by atoms with van der Waals surface area (Å²) < 4.78 is 0. The third-order valence-corrected chi connectivity index (χ3v) is 4.93. The first kappa shape index (κ1) is 18.9. The molecule has 22 heavy (non-hydrogen) atoms. The Morgan fingerprint density at radius 1 is 1.36 bits per heavy atom. The van der Waals surface area contributed by atoms with Crippen molar-refractivity contribution in [1.82, 2.24) is 10.2 Å². The van der Waals surface area contributed by atoms with Crippen molar-refractivity contribution in [3.05, 3.63) is 22.4 Å². The van der Waals surface area contributed by atoms with E-state index in [0.717, 1.165) is 25.9 Å². The zero-order valence-electron chi connectivity index (χ0n) is 13.0. The Morgan fingerprint density at radius 2 is 2.00 bits per heavy atom. The van der Waals surface area contributed by atoms with Crippen LogP contribution < -0.4 is 11.1 Å². The lowest BCUT2D eigenvalue weighted by Gasteiger charge is -2.35. The number of amides is 2. The van der Waals surface area contributed by atoms with Gasteiger partial charge in [-0.1, -0.05) is 6.07 Å². The fraction of sp³-hybridized carbons (Fsp3) is 0.600. The van der Waals surface area contributed by atoms with E-state index >= 15 is 0 Å². The van der Waals surface area contributed by atoms with Gasteiger partial charge in [0, 0.05) is 19.1 Å². The van der Waals surface area contributed by atoms with E-state index in [9.17, 15) is 9.59 Å². The Balaban J connectivity index is 0.00000242. The molecule has 0 bridgehead atoms. The zero-order chi connectivity index (χ0) is 15.4. The summed E-state index contributed by atoms with van der Waals surface area (Å²) in [7, 11) is 0. The van der Waals surface area contributed by atoms with Crippen molar-refractivity contribution in [3.63, 3.8) is 0 Å². The second-order valence-corrected chi connectivity index (χ2v) is 6.64. The van der Waals surface area contributed by atoms with Crippen LogP contribution in [-0.2, 0) is 4.79 Å². The maximum atomic E-state index is 12.4. The predicted octanol–water partition coefficient (Wildman–Crippen LogP) is 1.87. The average molecular weight is 346 g/mol. The monoisotopic (exact) mass is 345 g/mol. The van der Waals surface area contributed by atoms with E-state index in [2.05, 4.69) is 5.32 Å². The number of nitrogens with zero attached hydrogens (tertiary/aromatic N) is 1. The molecule has 124 valence electrons. The maximum absolute atomic E-state index is 12.4. The van der Waals surface area contributed by atoms with Gasteiger partial charge in [0.15, 0.2) is 0 Å². The maximum Gasteiger partial charge on any atom is 0.261 e. The molecular formula is C15H24ClN3O2S. The van der Waals surface area contributed by atoms with Crippen molar-refractivity contribution in [3.8, 4) is 0 Å². The number of hydrogen-bond donors (Lipinski definition) is 2. The van der Waals surface area contributed by atoms with Gasteiger partial charge in [0.05, 0.1) is 4.88 Å². The highest BCUT2D eigenvalue weighted by Gasteiger charge is 2.28. The SMILES string of the molecule is CC(NC(=O)c1cccs1)C(=O)N1CCC(C(C)N)CC1.Cl. The molecule has 5 nitrogen and oxygen atoms in total. The molecule has 1 aromatic heterocycles. The van der Waals surface area contributed by atoms with Crippen LogP contribution in [0.1, 0.15) is 36.4 Å². The molecule has 0 aromatic carbocycles. The number of thiophene rings is 1. The lowest BCUT2D eigenvalue weighted by Crippen LogP contribution is -2.50. The summed E-state index contributed by atoms with van der Waals surface area (Å²) in [5.41, 5.74) is 5.91. The molecule has 1 aliphatic heterocycles. The van der Waals surface area contributed by atoms with Crippen LogP contribution in [-0.4, -0.2) is 41.9 Å². The highest BCUT2D eigenvalue weighted by Crippen LogP contribution is 2.20. The van der Waals surface area contributed by atoms with Crippen molar-refractivity contribution >= 4 is 35.6 Å². The van der Waals surface area contributed by atoms with E-state index in [0.29, 0.717) is 10.8 Å². The van der Waals surface area contributed by atoms with Crippen molar-refractivity contribution in [1.29, 1.82) is 0 Å². The number of carbonyl (C=O) groups excluding carboxylic acids is 2. The molecule has 3 N–H and O–H groups in total. The number of nitrogens with two attached hydrogens (primary N) is 1. The Hall–Kier alpha value is -1.11. The van der Waals surface area contributed by atoms with Crippen LogP contribution in [0.15, 0.2) is 17.5 Å². The largest absolute Gasteiger partial charge is 0.341 e. The zero-order valence-corrected chi connectivity index (χ0v) is 14.6. The summed E-state index contributed by atoms with van der Waals surface area (Å²) in [5, 5.41) is 4.62. The molecule has 0 radical (unpaired) electrons. The van der Waals surface area contributed by atoms with Gasteiger partial charge in [-0.2, -0.15) is 0 Å². The van der Waals surface area contributed by atoms with Crippen molar-refractivity contribution < 1.29 is 9.59 Å². The highest BCUT2D eigenvalue weighted by molar-refractivity contribution is 7.12. The fourth-order valence-corrected chi connectivity index (χ4v) is 3.28. The van der Waals surface area contributed by atoms with E-state index in [4.69, 9.17) is 5.73 Å². The van der Waals surface area contributed by atoms with Crippen LogP contribution >= 0.6 is 23.7 Å². The normalized spacial score (nSPS) is 18.2. The van der Waals surface area contributed by atoms with Crippen LogP contribution in [0.4, 0.5) is 0 Å². The second kappa shape index (κ2) is 8.50. The summed E-state index contributed by atoms with van der Waals surface area (Å²) in [6.07, 6.45) is 1.88. The number of piperidine rings is 1. The number of rotatable bonds is 4. The van der Waals surface area contributed by atoms with Crippen molar-refractivity contribution in [2.45, 2.75) is 38.8 Å². The van der Waals surface area contributed by atoms with Crippen molar-refractivity contribution in [2.75, 3.05) is 13.1 Å². The van der Waals surface area contributed by atoms with Crippen LogP contribution in [0.3, 0.4) is 0 Å². The summed E-state index contributed by atoms with van der Waals surface area (Å²) >= 11 is 1.37. The second-order valence-electron chi connectivity index (χ2n) is 5.69. The first-order valence-electron chi connectivity index (χ1n) is 7.37. The van der Waals surface area contributed by atoms with Crippen LogP contribution in [0, 0.1) is 5.92 Å². The van der Waals surface area contributed by atoms with E-state index < -0.39 is 6.04 Å². The van der Waals surface area contributed by atoms with Gasteiger partial charge in [-0.05, 0) is 44.1 Å². The van der Waals surface area contributed by atoms with Gasteiger partial charge in [0.1, 0.15) is 6.04 Å². The Morgan fingerprint density at radius 3 is 2.50 bits per heavy atom.